The normalized spacial score (nSPS) is 12.4. The highest BCUT2D eigenvalue weighted by atomic mass is 16.6. The third-order valence-corrected chi connectivity index (χ3v) is 4.66. The molecule has 2 aromatic carbocycles. The Bertz CT molecular complexity index is 863. The molecule has 1 heterocycles. The number of amides is 2. The Labute approximate surface area is 159 Å². The molecule has 0 bridgehead atoms. The van der Waals surface area contributed by atoms with Gasteiger partial charge in [-0.3, -0.25) is 9.59 Å². The second-order valence-electron chi connectivity index (χ2n) is 6.47. The van der Waals surface area contributed by atoms with Gasteiger partial charge in [0.05, 0.1) is 0 Å². The van der Waals surface area contributed by atoms with Gasteiger partial charge in [-0.1, -0.05) is 12.1 Å². The summed E-state index contributed by atoms with van der Waals surface area (Å²) >= 11 is 0. The van der Waals surface area contributed by atoms with Crippen LogP contribution in [0.5, 0.6) is 11.5 Å². The Morgan fingerprint density at radius 1 is 1.07 bits per heavy atom. The molecule has 1 N–H and O–H groups in total. The van der Waals surface area contributed by atoms with Gasteiger partial charge in [0.1, 0.15) is 19.8 Å². The van der Waals surface area contributed by atoms with E-state index in [2.05, 4.69) is 5.32 Å². The van der Waals surface area contributed by atoms with Crippen LogP contribution in [0.15, 0.2) is 36.4 Å². The van der Waals surface area contributed by atoms with Crippen LogP contribution in [0.2, 0.25) is 0 Å². The Hall–Kier alpha value is -3.02. The van der Waals surface area contributed by atoms with Crippen molar-refractivity contribution in [2.75, 3.05) is 31.6 Å². The number of aryl methyl sites for hydroxylation is 1. The van der Waals surface area contributed by atoms with Crippen molar-refractivity contribution in [3.63, 3.8) is 0 Å². The van der Waals surface area contributed by atoms with Crippen LogP contribution in [0, 0.1) is 13.8 Å². The fourth-order valence-corrected chi connectivity index (χ4v) is 2.98. The van der Waals surface area contributed by atoms with E-state index in [1.54, 1.807) is 24.3 Å². The SMILES string of the molecule is CCN(CC(=O)Nc1ccc2c(c1)OCCO2)C(=O)c1cccc(C)c1C. The number of likely N-dealkylation sites (N-methyl/N-ethyl adjacent to an activating group) is 1. The quantitative estimate of drug-likeness (QED) is 0.880. The molecule has 1 aliphatic rings. The molecule has 0 unspecified atom stereocenters. The summed E-state index contributed by atoms with van der Waals surface area (Å²) in [6.45, 7) is 7.18. The van der Waals surface area contributed by atoms with E-state index in [0.29, 0.717) is 42.5 Å². The molecule has 0 fully saturated rings. The zero-order chi connectivity index (χ0) is 19.4. The average Bonchev–Trinajstić information content (AvgIpc) is 2.67. The summed E-state index contributed by atoms with van der Waals surface area (Å²) in [5.41, 5.74) is 3.23. The topological polar surface area (TPSA) is 67.9 Å². The van der Waals surface area contributed by atoms with E-state index in [0.717, 1.165) is 11.1 Å². The molecule has 0 aliphatic carbocycles. The minimum Gasteiger partial charge on any atom is -0.486 e. The fourth-order valence-electron chi connectivity index (χ4n) is 2.98. The van der Waals surface area contributed by atoms with Gasteiger partial charge in [0.15, 0.2) is 11.5 Å². The predicted octanol–water partition coefficient (Wildman–Crippen LogP) is 3.18. The van der Waals surface area contributed by atoms with Crippen LogP contribution in [0.4, 0.5) is 5.69 Å². The first-order valence-corrected chi connectivity index (χ1v) is 9.04. The average molecular weight is 368 g/mol. The standard InChI is InChI=1S/C21H24N2O4/c1-4-23(21(25)17-7-5-6-14(2)15(17)3)13-20(24)22-16-8-9-18-19(12-16)27-11-10-26-18/h5-9,12H,4,10-11,13H2,1-3H3,(H,22,24). The summed E-state index contributed by atoms with van der Waals surface area (Å²) in [6.07, 6.45) is 0. The van der Waals surface area contributed by atoms with Crippen molar-refractivity contribution in [1.82, 2.24) is 4.90 Å². The molecular formula is C21H24N2O4. The Kier molecular flexibility index (Phi) is 5.64. The molecule has 0 aromatic heterocycles. The van der Waals surface area contributed by atoms with E-state index < -0.39 is 0 Å². The maximum Gasteiger partial charge on any atom is 0.254 e. The van der Waals surface area contributed by atoms with Crippen LogP contribution in [0.3, 0.4) is 0 Å². The molecule has 0 saturated heterocycles. The fraction of sp³-hybridized carbons (Fsp3) is 0.333. The number of rotatable bonds is 5. The molecule has 1 aliphatic heterocycles. The number of carbonyl (C=O) groups is 2. The molecule has 0 spiro atoms. The molecular weight excluding hydrogens is 344 g/mol. The zero-order valence-corrected chi connectivity index (χ0v) is 15.9. The monoisotopic (exact) mass is 368 g/mol. The molecule has 27 heavy (non-hydrogen) atoms. The van der Waals surface area contributed by atoms with Crippen molar-refractivity contribution >= 4 is 17.5 Å². The predicted molar refractivity (Wildman–Crippen MR) is 104 cm³/mol. The molecule has 142 valence electrons. The lowest BCUT2D eigenvalue weighted by Crippen LogP contribution is -2.38. The van der Waals surface area contributed by atoms with Gasteiger partial charge in [0.2, 0.25) is 5.91 Å². The number of benzene rings is 2. The molecule has 0 radical (unpaired) electrons. The lowest BCUT2D eigenvalue weighted by Gasteiger charge is -2.22. The number of nitrogens with one attached hydrogen (secondary N) is 1. The molecule has 3 rings (SSSR count). The van der Waals surface area contributed by atoms with E-state index >= 15 is 0 Å². The highest BCUT2D eigenvalue weighted by molar-refractivity contribution is 6.00. The number of anilines is 1. The molecule has 0 saturated carbocycles. The first-order valence-electron chi connectivity index (χ1n) is 9.04. The van der Waals surface area contributed by atoms with Crippen LogP contribution in [-0.2, 0) is 4.79 Å². The number of ether oxygens (including phenoxy) is 2. The summed E-state index contributed by atoms with van der Waals surface area (Å²) in [6, 6.07) is 10.9. The van der Waals surface area contributed by atoms with Gasteiger partial charge in [-0.05, 0) is 50.1 Å². The van der Waals surface area contributed by atoms with Gasteiger partial charge in [-0.15, -0.1) is 0 Å². The number of fused-ring (bicyclic) bond motifs is 1. The highest BCUT2D eigenvalue weighted by Gasteiger charge is 2.20. The highest BCUT2D eigenvalue weighted by Crippen LogP contribution is 2.32. The Morgan fingerprint density at radius 3 is 2.56 bits per heavy atom. The van der Waals surface area contributed by atoms with Crippen LogP contribution in [-0.4, -0.2) is 43.0 Å². The van der Waals surface area contributed by atoms with Gasteiger partial charge >= 0.3 is 0 Å². The van der Waals surface area contributed by atoms with Crippen molar-refractivity contribution in [1.29, 1.82) is 0 Å². The van der Waals surface area contributed by atoms with Crippen LogP contribution in [0.25, 0.3) is 0 Å². The van der Waals surface area contributed by atoms with Crippen LogP contribution in [0.1, 0.15) is 28.4 Å². The van der Waals surface area contributed by atoms with Crippen LogP contribution >= 0.6 is 0 Å². The van der Waals surface area contributed by atoms with E-state index in [1.807, 2.05) is 32.9 Å². The van der Waals surface area contributed by atoms with Gasteiger partial charge in [0, 0.05) is 23.9 Å². The lowest BCUT2D eigenvalue weighted by atomic mass is 10.0. The number of nitrogens with zero attached hydrogens (tertiary/aromatic N) is 1. The lowest BCUT2D eigenvalue weighted by molar-refractivity contribution is -0.116. The maximum absolute atomic E-state index is 12.8. The van der Waals surface area contributed by atoms with Crippen molar-refractivity contribution in [2.24, 2.45) is 0 Å². The van der Waals surface area contributed by atoms with E-state index in [4.69, 9.17) is 9.47 Å². The second-order valence-corrected chi connectivity index (χ2v) is 6.47. The second kappa shape index (κ2) is 8.12. The molecule has 6 nitrogen and oxygen atoms in total. The van der Waals surface area contributed by atoms with E-state index in [9.17, 15) is 9.59 Å². The third-order valence-electron chi connectivity index (χ3n) is 4.66. The molecule has 2 amide bonds. The maximum atomic E-state index is 12.8. The summed E-state index contributed by atoms with van der Waals surface area (Å²) in [5.74, 6) is 0.876. The Balaban J connectivity index is 1.68. The molecule has 2 aromatic rings. The van der Waals surface area contributed by atoms with E-state index in [-0.39, 0.29) is 18.4 Å². The summed E-state index contributed by atoms with van der Waals surface area (Å²) in [5, 5.41) is 2.82. The largest absolute Gasteiger partial charge is 0.486 e. The Morgan fingerprint density at radius 2 is 1.81 bits per heavy atom. The zero-order valence-electron chi connectivity index (χ0n) is 15.9. The summed E-state index contributed by atoms with van der Waals surface area (Å²) < 4.78 is 11.0. The van der Waals surface area contributed by atoms with Gasteiger partial charge < -0.3 is 19.7 Å². The van der Waals surface area contributed by atoms with Crippen molar-refractivity contribution in [3.8, 4) is 11.5 Å². The minimum atomic E-state index is -0.257. The van der Waals surface area contributed by atoms with Gasteiger partial charge in [-0.2, -0.15) is 0 Å². The first kappa shape index (κ1) is 18.8. The molecule has 6 heteroatoms. The smallest absolute Gasteiger partial charge is 0.254 e. The summed E-state index contributed by atoms with van der Waals surface area (Å²) in [7, 11) is 0. The first-order chi connectivity index (χ1) is 13.0. The van der Waals surface area contributed by atoms with E-state index in [1.165, 1.54) is 4.90 Å². The van der Waals surface area contributed by atoms with Crippen molar-refractivity contribution in [3.05, 3.63) is 53.1 Å². The third kappa shape index (κ3) is 4.22. The van der Waals surface area contributed by atoms with Gasteiger partial charge in [0.25, 0.3) is 5.91 Å². The minimum absolute atomic E-state index is 0.0167. The number of hydrogen-bond acceptors (Lipinski definition) is 4. The van der Waals surface area contributed by atoms with Crippen molar-refractivity contribution < 1.29 is 19.1 Å². The summed E-state index contributed by atoms with van der Waals surface area (Å²) in [4.78, 5) is 26.8. The van der Waals surface area contributed by atoms with Gasteiger partial charge in [-0.25, -0.2) is 0 Å². The number of hydrogen-bond donors (Lipinski definition) is 1. The number of carbonyl (C=O) groups excluding carboxylic acids is 2. The molecule has 0 atom stereocenters. The van der Waals surface area contributed by atoms with Crippen LogP contribution < -0.4 is 14.8 Å². The van der Waals surface area contributed by atoms with Crippen molar-refractivity contribution in [2.45, 2.75) is 20.8 Å².